The topological polar surface area (TPSA) is 57.6 Å². The van der Waals surface area contributed by atoms with E-state index in [0.29, 0.717) is 12.3 Å². The van der Waals surface area contributed by atoms with Crippen molar-refractivity contribution in [3.63, 3.8) is 0 Å². The summed E-state index contributed by atoms with van der Waals surface area (Å²) in [5.74, 6) is -0.407. The van der Waals surface area contributed by atoms with E-state index in [0.717, 1.165) is 32.1 Å². The third-order valence-corrected chi connectivity index (χ3v) is 4.77. The monoisotopic (exact) mass is 267 g/mol. The van der Waals surface area contributed by atoms with Crippen LogP contribution < -0.4 is 0 Å². The first-order valence-electron chi connectivity index (χ1n) is 7.61. The summed E-state index contributed by atoms with van der Waals surface area (Å²) in [6.07, 6.45) is 6.84. The number of hydrogen-bond acceptors (Lipinski definition) is 2. The molecule has 0 spiro atoms. The normalized spacial score (nSPS) is 31.9. The quantitative estimate of drug-likeness (QED) is 0.852. The zero-order chi connectivity index (χ0) is 14.0. The number of aliphatic carboxylic acids is 1. The van der Waals surface area contributed by atoms with E-state index in [9.17, 15) is 14.7 Å². The lowest BCUT2D eigenvalue weighted by Gasteiger charge is -2.34. The molecule has 1 saturated heterocycles. The summed E-state index contributed by atoms with van der Waals surface area (Å²) in [5.41, 5.74) is 0. The van der Waals surface area contributed by atoms with Crippen LogP contribution in [0.2, 0.25) is 0 Å². The van der Waals surface area contributed by atoms with Crippen molar-refractivity contribution in [1.29, 1.82) is 0 Å². The molecule has 2 aliphatic rings. The van der Waals surface area contributed by atoms with E-state index < -0.39 is 12.0 Å². The SMILES string of the molecule is CCCC(C)C(=O)N1C(C(=O)O)CC2CCCCC21. The smallest absolute Gasteiger partial charge is 0.326 e. The molecule has 1 aliphatic heterocycles. The van der Waals surface area contributed by atoms with Gasteiger partial charge in [-0.15, -0.1) is 0 Å². The number of amides is 1. The number of carbonyl (C=O) groups is 2. The van der Waals surface area contributed by atoms with Gasteiger partial charge < -0.3 is 10.0 Å². The summed E-state index contributed by atoms with van der Waals surface area (Å²) in [6, 6.07) is -0.401. The third kappa shape index (κ3) is 2.77. The van der Waals surface area contributed by atoms with Crippen LogP contribution in [0.15, 0.2) is 0 Å². The molecule has 1 amide bonds. The second-order valence-electron chi connectivity index (χ2n) is 6.14. The molecule has 2 rings (SSSR count). The van der Waals surface area contributed by atoms with Crippen LogP contribution in [0.1, 0.15) is 58.8 Å². The lowest BCUT2D eigenvalue weighted by Crippen LogP contribution is -2.48. The summed E-state index contributed by atoms with van der Waals surface area (Å²) in [7, 11) is 0. The van der Waals surface area contributed by atoms with Crippen molar-refractivity contribution >= 4 is 11.9 Å². The molecule has 1 N–H and O–H groups in total. The Balaban J connectivity index is 2.17. The molecule has 4 unspecified atom stereocenters. The van der Waals surface area contributed by atoms with E-state index in [1.807, 2.05) is 6.92 Å². The molecule has 108 valence electrons. The molecule has 0 aromatic heterocycles. The zero-order valence-corrected chi connectivity index (χ0v) is 12.0. The average Bonchev–Trinajstić information content (AvgIpc) is 2.77. The molecule has 0 radical (unpaired) electrons. The van der Waals surface area contributed by atoms with Crippen molar-refractivity contribution in [2.24, 2.45) is 11.8 Å². The Bertz CT molecular complexity index is 355. The standard InChI is InChI=1S/C15H25NO3/c1-3-6-10(2)14(17)16-12-8-5-4-7-11(12)9-13(16)15(18)19/h10-13H,3-9H2,1-2H3,(H,18,19). The summed E-state index contributed by atoms with van der Waals surface area (Å²) in [5, 5.41) is 9.40. The van der Waals surface area contributed by atoms with Crippen LogP contribution in [0, 0.1) is 11.8 Å². The van der Waals surface area contributed by atoms with E-state index in [1.165, 1.54) is 6.42 Å². The zero-order valence-electron chi connectivity index (χ0n) is 12.0. The highest BCUT2D eigenvalue weighted by atomic mass is 16.4. The molecule has 19 heavy (non-hydrogen) atoms. The minimum absolute atomic E-state index is 0.0486. The first-order chi connectivity index (χ1) is 9.06. The van der Waals surface area contributed by atoms with Gasteiger partial charge in [0.05, 0.1) is 0 Å². The number of fused-ring (bicyclic) bond motifs is 1. The number of likely N-dealkylation sites (tertiary alicyclic amines) is 1. The fraction of sp³-hybridized carbons (Fsp3) is 0.867. The number of carboxylic acid groups (broad SMARTS) is 1. The molecule has 4 atom stereocenters. The van der Waals surface area contributed by atoms with Gasteiger partial charge in [0.15, 0.2) is 0 Å². The van der Waals surface area contributed by atoms with Crippen LogP contribution in [-0.4, -0.2) is 34.0 Å². The van der Waals surface area contributed by atoms with Gasteiger partial charge in [-0.05, 0) is 31.6 Å². The van der Waals surface area contributed by atoms with Crippen LogP contribution in [0.25, 0.3) is 0 Å². The average molecular weight is 267 g/mol. The van der Waals surface area contributed by atoms with Gasteiger partial charge in [-0.1, -0.05) is 33.1 Å². The molecule has 1 heterocycles. The first kappa shape index (κ1) is 14.4. The highest BCUT2D eigenvalue weighted by Crippen LogP contribution is 2.40. The molecule has 2 fully saturated rings. The molecule has 4 heteroatoms. The lowest BCUT2D eigenvalue weighted by molar-refractivity contribution is -0.151. The van der Waals surface area contributed by atoms with E-state index >= 15 is 0 Å². The third-order valence-electron chi connectivity index (χ3n) is 4.77. The van der Waals surface area contributed by atoms with E-state index in [-0.39, 0.29) is 17.9 Å². The number of carboxylic acids is 1. The predicted octanol–water partition coefficient (Wildman–Crippen LogP) is 2.67. The van der Waals surface area contributed by atoms with Crippen molar-refractivity contribution in [2.45, 2.75) is 70.9 Å². The second-order valence-corrected chi connectivity index (χ2v) is 6.14. The molecule has 4 nitrogen and oxygen atoms in total. The van der Waals surface area contributed by atoms with Gasteiger partial charge >= 0.3 is 5.97 Å². The van der Waals surface area contributed by atoms with Gasteiger partial charge in [0.25, 0.3) is 0 Å². The number of hydrogen-bond donors (Lipinski definition) is 1. The summed E-state index contributed by atoms with van der Waals surface area (Å²) >= 11 is 0. The first-order valence-corrected chi connectivity index (χ1v) is 7.61. The van der Waals surface area contributed by atoms with E-state index in [4.69, 9.17) is 0 Å². The maximum absolute atomic E-state index is 12.6. The fourth-order valence-electron chi connectivity index (χ4n) is 3.81. The molecule has 1 aliphatic carbocycles. The van der Waals surface area contributed by atoms with Crippen LogP contribution in [0.5, 0.6) is 0 Å². The van der Waals surface area contributed by atoms with Crippen molar-refractivity contribution in [2.75, 3.05) is 0 Å². The van der Waals surface area contributed by atoms with Gasteiger partial charge in [0, 0.05) is 12.0 Å². The van der Waals surface area contributed by atoms with Crippen molar-refractivity contribution in [3.8, 4) is 0 Å². The van der Waals surface area contributed by atoms with Crippen molar-refractivity contribution in [3.05, 3.63) is 0 Å². The summed E-state index contributed by atoms with van der Waals surface area (Å²) in [4.78, 5) is 25.7. The second kappa shape index (κ2) is 5.93. The van der Waals surface area contributed by atoms with Crippen LogP contribution in [0.3, 0.4) is 0 Å². The van der Waals surface area contributed by atoms with Gasteiger partial charge in [-0.3, -0.25) is 4.79 Å². The number of nitrogens with zero attached hydrogens (tertiary/aromatic N) is 1. The maximum atomic E-state index is 12.6. The Labute approximate surface area is 115 Å². The molecule has 0 aromatic rings. The Morgan fingerprint density at radius 2 is 2.00 bits per heavy atom. The Morgan fingerprint density at radius 1 is 1.32 bits per heavy atom. The Morgan fingerprint density at radius 3 is 2.63 bits per heavy atom. The lowest BCUT2D eigenvalue weighted by atomic mass is 9.84. The molecule has 0 bridgehead atoms. The van der Waals surface area contributed by atoms with Gasteiger partial charge in [0.2, 0.25) is 5.91 Å². The van der Waals surface area contributed by atoms with Gasteiger partial charge in [-0.25, -0.2) is 4.79 Å². The highest BCUT2D eigenvalue weighted by molar-refractivity contribution is 5.86. The predicted molar refractivity (Wildman–Crippen MR) is 72.7 cm³/mol. The maximum Gasteiger partial charge on any atom is 0.326 e. The summed E-state index contributed by atoms with van der Waals surface area (Å²) in [6.45, 7) is 3.99. The van der Waals surface area contributed by atoms with E-state index in [2.05, 4.69) is 6.92 Å². The molecule has 0 aromatic carbocycles. The van der Waals surface area contributed by atoms with Crippen LogP contribution in [-0.2, 0) is 9.59 Å². The van der Waals surface area contributed by atoms with Gasteiger partial charge in [0.1, 0.15) is 6.04 Å². The largest absolute Gasteiger partial charge is 0.480 e. The Kier molecular flexibility index (Phi) is 4.48. The number of carbonyl (C=O) groups excluding carboxylic acids is 1. The minimum Gasteiger partial charge on any atom is -0.480 e. The molecular formula is C15H25NO3. The minimum atomic E-state index is -0.827. The number of rotatable bonds is 4. The van der Waals surface area contributed by atoms with Crippen LogP contribution >= 0.6 is 0 Å². The molecule has 1 saturated carbocycles. The van der Waals surface area contributed by atoms with E-state index in [1.54, 1.807) is 4.90 Å². The highest BCUT2D eigenvalue weighted by Gasteiger charge is 2.48. The summed E-state index contributed by atoms with van der Waals surface area (Å²) < 4.78 is 0. The Hall–Kier alpha value is -1.06. The van der Waals surface area contributed by atoms with Crippen LogP contribution in [0.4, 0.5) is 0 Å². The van der Waals surface area contributed by atoms with Crippen molar-refractivity contribution in [1.82, 2.24) is 4.90 Å². The fourth-order valence-corrected chi connectivity index (χ4v) is 3.81. The molecular weight excluding hydrogens is 242 g/mol. The van der Waals surface area contributed by atoms with Gasteiger partial charge in [-0.2, -0.15) is 0 Å². The van der Waals surface area contributed by atoms with Crippen molar-refractivity contribution < 1.29 is 14.7 Å².